The van der Waals surface area contributed by atoms with E-state index < -0.39 is 10.0 Å². The number of rotatable bonds is 4. The molecule has 0 unspecified atom stereocenters. The molecule has 2 saturated heterocycles. The second-order valence-corrected chi connectivity index (χ2v) is 7.24. The van der Waals surface area contributed by atoms with Crippen LogP contribution in [0, 0.1) is 0 Å². The number of hydrogen-bond acceptors (Lipinski definition) is 4. The number of amides is 1. The maximum absolute atomic E-state index is 12.1. The topological polar surface area (TPSA) is 66.9 Å². The van der Waals surface area contributed by atoms with Gasteiger partial charge in [-0.2, -0.15) is 4.31 Å². The molecule has 0 saturated carbocycles. The number of piperidine rings is 1. The minimum absolute atomic E-state index is 0.0578. The van der Waals surface area contributed by atoms with Crippen molar-refractivity contribution in [1.29, 1.82) is 0 Å². The minimum Gasteiger partial charge on any atom is -0.375 e. The highest BCUT2D eigenvalue weighted by molar-refractivity contribution is 7.88. The Bertz CT molecular complexity index is 477. The van der Waals surface area contributed by atoms with Gasteiger partial charge in [0.1, 0.15) is 0 Å². The molecule has 7 heteroatoms. The van der Waals surface area contributed by atoms with E-state index in [1.54, 1.807) is 11.0 Å². The molecule has 0 aromatic carbocycles. The molecule has 0 spiro atoms. The molecule has 0 aliphatic carbocycles. The fourth-order valence-electron chi connectivity index (χ4n) is 2.86. The summed E-state index contributed by atoms with van der Waals surface area (Å²) in [5.41, 5.74) is 0. The van der Waals surface area contributed by atoms with Crippen molar-refractivity contribution < 1.29 is 17.9 Å². The summed E-state index contributed by atoms with van der Waals surface area (Å²) in [5.74, 6) is 0.0578. The van der Waals surface area contributed by atoms with Gasteiger partial charge < -0.3 is 9.64 Å². The normalized spacial score (nSPS) is 27.9. The van der Waals surface area contributed by atoms with Gasteiger partial charge >= 0.3 is 0 Å². The van der Waals surface area contributed by atoms with E-state index in [1.165, 1.54) is 10.6 Å². The van der Waals surface area contributed by atoms with Crippen molar-refractivity contribution in [3.8, 4) is 0 Å². The van der Waals surface area contributed by atoms with E-state index in [0.29, 0.717) is 45.5 Å². The Balaban J connectivity index is 2.07. The summed E-state index contributed by atoms with van der Waals surface area (Å²) >= 11 is 0. The van der Waals surface area contributed by atoms with E-state index in [4.69, 9.17) is 4.74 Å². The van der Waals surface area contributed by atoms with Crippen LogP contribution in [0.15, 0.2) is 12.7 Å². The lowest BCUT2D eigenvalue weighted by Crippen LogP contribution is -2.61. The highest BCUT2D eigenvalue weighted by Gasteiger charge is 2.41. The van der Waals surface area contributed by atoms with Gasteiger partial charge in [-0.25, -0.2) is 8.42 Å². The summed E-state index contributed by atoms with van der Waals surface area (Å²) in [7, 11) is -3.26. The summed E-state index contributed by atoms with van der Waals surface area (Å²) < 4.78 is 30.8. The minimum atomic E-state index is -3.26. The quantitative estimate of drug-likeness (QED) is 0.697. The second-order valence-electron chi connectivity index (χ2n) is 5.31. The Labute approximate surface area is 120 Å². The van der Waals surface area contributed by atoms with Crippen LogP contribution in [0.2, 0.25) is 0 Å². The number of allylic oxidation sites excluding steroid dienone is 1. The first kappa shape index (κ1) is 15.5. The molecule has 6 nitrogen and oxygen atoms in total. The summed E-state index contributed by atoms with van der Waals surface area (Å²) in [5, 5.41) is 0. The highest BCUT2D eigenvalue weighted by atomic mass is 32.2. The zero-order valence-corrected chi connectivity index (χ0v) is 12.6. The molecule has 114 valence electrons. The van der Waals surface area contributed by atoms with Crippen molar-refractivity contribution in [2.24, 2.45) is 0 Å². The summed E-state index contributed by atoms with van der Waals surface area (Å²) in [4.78, 5) is 13.8. The van der Waals surface area contributed by atoms with Crippen LogP contribution in [0.3, 0.4) is 0 Å². The summed E-state index contributed by atoms with van der Waals surface area (Å²) in [6.45, 7) is 5.47. The van der Waals surface area contributed by atoms with Crippen LogP contribution in [-0.4, -0.2) is 68.2 Å². The van der Waals surface area contributed by atoms with Crippen molar-refractivity contribution in [2.75, 3.05) is 32.5 Å². The molecule has 20 heavy (non-hydrogen) atoms. The fraction of sp³-hybridized carbons (Fsp3) is 0.769. The number of fused-ring (bicyclic) bond motifs is 1. The molecule has 0 radical (unpaired) electrons. The van der Waals surface area contributed by atoms with Gasteiger partial charge in [-0.1, -0.05) is 6.08 Å². The van der Waals surface area contributed by atoms with E-state index in [0.717, 1.165) is 0 Å². The molecule has 0 bridgehead atoms. The Morgan fingerprint density at radius 2 is 2.20 bits per heavy atom. The van der Waals surface area contributed by atoms with Gasteiger partial charge in [-0.05, 0) is 12.8 Å². The van der Waals surface area contributed by atoms with Gasteiger partial charge in [0.05, 0.1) is 25.0 Å². The predicted octanol–water partition coefficient (Wildman–Crippen LogP) is 0.214. The number of carbonyl (C=O) groups excluding carboxylic acids is 1. The average Bonchev–Trinajstić information content (AvgIpc) is 2.42. The van der Waals surface area contributed by atoms with Crippen molar-refractivity contribution >= 4 is 15.9 Å². The Morgan fingerprint density at radius 3 is 2.85 bits per heavy atom. The SMILES string of the molecule is C=CCCC(=O)N1CC[C@@H]2OCCN(S(C)(=O)=O)[C@H]2C1. The monoisotopic (exact) mass is 302 g/mol. The largest absolute Gasteiger partial charge is 0.375 e. The van der Waals surface area contributed by atoms with Crippen molar-refractivity contribution in [1.82, 2.24) is 9.21 Å². The lowest BCUT2D eigenvalue weighted by atomic mass is 10.00. The van der Waals surface area contributed by atoms with Gasteiger partial charge in [0.15, 0.2) is 0 Å². The van der Waals surface area contributed by atoms with Crippen LogP contribution in [0.4, 0.5) is 0 Å². The van der Waals surface area contributed by atoms with Gasteiger partial charge in [0.2, 0.25) is 15.9 Å². The number of likely N-dealkylation sites (tertiary alicyclic amines) is 1. The maximum atomic E-state index is 12.1. The lowest BCUT2D eigenvalue weighted by molar-refractivity contribution is -0.138. The van der Waals surface area contributed by atoms with Gasteiger partial charge in [-0.3, -0.25) is 4.79 Å². The number of sulfonamides is 1. The van der Waals surface area contributed by atoms with Crippen LogP contribution in [0.5, 0.6) is 0 Å². The third-order valence-electron chi connectivity index (χ3n) is 3.87. The molecule has 0 aromatic heterocycles. The van der Waals surface area contributed by atoms with Gasteiger partial charge in [-0.15, -0.1) is 6.58 Å². The second kappa shape index (κ2) is 6.24. The van der Waals surface area contributed by atoms with E-state index >= 15 is 0 Å². The Hall–Kier alpha value is -0.920. The number of carbonyl (C=O) groups is 1. The molecule has 2 rings (SSSR count). The molecular formula is C13H22N2O4S. The Morgan fingerprint density at radius 1 is 1.45 bits per heavy atom. The molecular weight excluding hydrogens is 280 g/mol. The third kappa shape index (κ3) is 3.39. The molecule has 1 amide bonds. The van der Waals surface area contributed by atoms with Crippen LogP contribution in [0.1, 0.15) is 19.3 Å². The van der Waals surface area contributed by atoms with E-state index in [1.807, 2.05) is 0 Å². The smallest absolute Gasteiger partial charge is 0.222 e. The number of nitrogens with zero attached hydrogens (tertiary/aromatic N) is 2. The first-order chi connectivity index (χ1) is 9.43. The fourth-order valence-corrected chi connectivity index (χ4v) is 3.96. The highest BCUT2D eigenvalue weighted by Crippen LogP contribution is 2.25. The average molecular weight is 302 g/mol. The molecule has 0 N–H and O–H groups in total. The molecule has 2 heterocycles. The van der Waals surface area contributed by atoms with Crippen molar-refractivity contribution in [3.63, 3.8) is 0 Å². The Kier molecular flexibility index (Phi) is 4.82. The van der Waals surface area contributed by atoms with E-state index in [2.05, 4.69) is 6.58 Å². The zero-order chi connectivity index (χ0) is 14.8. The number of hydrogen-bond donors (Lipinski definition) is 0. The molecule has 0 aromatic rings. The standard InChI is InChI=1S/C13H22N2O4S/c1-3-4-5-13(16)14-7-6-12-11(10-14)15(8-9-19-12)20(2,17)18/h3,11-12H,1,4-10H2,2H3/t11-,12-/m0/s1. The van der Waals surface area contributed by atoms with Crippen molar-refractivity contribution in [2.45, 2.75) is 31.4 Å². The molecule has 2 fully saturated rings. The van der Waals surface area contributed by atoms with Crippen LogP contribution >= 0.6 is 0 Å². The van der Waals surface area contributed by atoms with Crippen LogP contribution < -0.4 is 0 Å². The van der Waals surface area contributed by atoms with E-state index in [9.17, 15) is 13.2 Å². The van der Waals surface area contributed by atoms with Gasteiger partial charge in [0.25, 0.3) is 0 Å². The summed E-state index contributed by atoms with van der Waals surface area (Å²) in [6.07, 6.45) is 4.61. The van der Waals surface area contributed by atoms with Crippen LogP contribution in [-0.2, 0) is 19.6 Å². The lowest BCUT2D eigenvalue weighted by Gasteiger charge is -2.45. The number of morpholine rings is 1. The van der Waals surface area contributed by atoms with Gasteiger partial charge in [0, 0.05) is 26.1 Å². The first-order valence-electron chi connectivity index (χ1n) is 6.90. The maximum Gasteiger partial charge on any atom is 0.222 e. The zero-order valence-electron chi connectivity index (χ0n) is 11.8. The summed E-state index contributed by atoms with van der Waals surface area (Å²) in [6, 6.07) is -0.250. The molecule has 2 aliphatic heterocycles. The predicted molar refractivity (Wildman–Crippen MR) is 75.7 cm³/mol. The van der Waals surface area contributed by atoms with Crippen LogP contribution in [0.25, 0.3) is 0 Å². The first-order valence-corrected chi connectivity index (χ1v) is 8.75. The third-order valence-corrected chi connectivity index (χ3v) is 5.18. The number of ether oxygens (including phenoxy) is 1. The van der Waals surface area contributed by atoms with Crippen molar-refractivity contribution in [3.05, 3.63) is 12.7 Å². The van der Waals surface area contributed by atoms with E-state index in [-0.39, 0.29) is 18.1 Å². The molecule has 2 atom stereocenters. The molecule has 2 aliphatic rings.